The highest BCUT2D eigenvalue weighted by molar-refractivity contribution is 5.45. The number of likely N-dealkylation sites (N-methyl/N-ethyl adjacent to an activating group) is 2. The average molecular weight is 278 g/mol. The first-order valence-electron chi connectivity index (χ1n) is 7.63. The van der Waals surface area contributed by atoms with E-state index in [2.05, 4.69) is 37.1 Å². The summed E-state index contributed by atoms with van der Waals surface area (Å²) in [6.07, 6.45) is 0. The number of hydrogen-bond acceptors (Lipinski definition) is 4. The molecule has 0 radical (unpaired) electrons. The molecule has 0 saturated carbocycles. The highest BCUT2D eigenvalue weighted by Crippen LogP contribution is 2.35. The Kier molecular flexibility index (Phi) is 5.68. The lowest BCUT2D eigenvalue weighted by Crippen LogP contribution is -2.27. The lowest BCUT2D eigenvalue weighted by atomic mass is 10.1. The zero-order valence-corrected chi connectivity index (χ0v) is 12.8. The Morgan fingerprint density at radius 2 is 2.10 bits per heavy atom. The molecule has 1 aliphatic rings. The number of rotatable bonds is 8. The van der Waals surface area contributed by atoms with Crippen molar-refractivity contribution in [3.05, 3.63) is 23.8 Å². The van der Waals surface area contributed by atoms with Crippen LogP contribution in [0, 0.1) is 0 Å². The van der Waals surface area contributed by atoms with Crippen LogP contribution in [0.1, 0.15) is 32.4 Å². The van der Waals surface area contributed by atoms with E-state index in [4.69, 9.17) is 9.47 Å². The molecule has 1 aromatic carbocycles. The van der Waals surface area contributed by atoms with Gasteiger partial charge in [0.15, 0.2) is 0 Å². The van der Waals surface area contributed by atoms with E-state index in [1.54, 1.807) is 0 Å². The molecule has 0 aliphatic carbocycles. The van der Waals surface area contributed by atoms with E-state index in [1.807, 2.05) is 12.1 Å². The molecular formula is C16H26N2O2. The monoisotopic (exact) mass is 278 g/mol. The molecule has 0 spiro atoms. The van der Waals surface area contributed by atoms with E-state index in [0.29, 0.717) is 12.6 Å². The Labute approximate surface area is 122 Å². The Morgan fingerprint density at radius 3 is 2.80 bits per heavy atom. The van der Waals surface area contributed by atoms with E-state index < -0.39 is 0 Å². The van der Waals surface area contributed by atoms with Crippen molar-refractivity contribution < 1.29 is 9.47 Å². The maximum absolute atomic E-state index is 5.82. The first-order chi connectivity index (χ1) is 9.78. The maximum atomic E-state index is 5.82. The summed E-state index contributed by atoms with van der Waals surface area (Å²) in [7, 11) is 0. The van der Waals surface area contributed by atoms with Crippen molar-refractivity contribution in [1.29, 1.82) is 0 Å². The third kappa shape index (κ3) is 3.64. The number of ether oxygens (including phenoxy) is 2. The highest BCUT2D eigenvalue weighted by Gasteiger charge is 2.23. The fourth-order valence-electron chi connectivity index (χ4n) is 2.53. The molecule has 1 heterocycles. The van der Waals surface area contributed by atoms with Crippen LogP contribution >= 0.6 is 0 Å². The number of nitrogens with one attached hydrogen (secondary N) is 1. The van der Waals surface area contributed by atoms with E-state index in [1.165, 1.54) is 5.56 Å². The fourth-order valence-corrected chi connectivity index (χ4v) is 2.53. The summed E-state index contributed by atoms with van der Waals surface area (Å²) in [5.74, 6) is 1.85. The topological polar surface area (TPSA) is 33.7 Å². The van der Waals surface area contributed by atoms with Crippen LogP contribution in [-0.4, -0.2) is 44.3 Å². The molecule has 1 atom stereocenters. The lowest BCUT2D eigenvalue weighted by molar-refractivity contribution is 0.222. The van der Waals surface area contributed by atoms with Gasteiger partial charge >= 0.3 is 0 Å². The zero-order valence-electron chi connectivity index (χ0n) is 12.8. The second kappa shape index (κ2) is 7.50. The van der Waals surface area contributed by atoms with Gasteiger partial charge in [-0.1, -0.05) is 20.8 Å². The second-order valence-corrected chi connectivity index (χ2v) is 5.00. The number of hydrogen-bond donors (Lipinski definition) is 1. The van der Waals surface area contributed by atoms with Crippen LogP contribution in [0.25, 0.3) is 0 Å². The van der Waals surface area contributed by atoms with Crippen LogP contribution in [0.3, 0.4) is 0 Å². The minimum atomic E-state index is 0.319. The first kappa shape index (κ1) is 15.1. The minimum Gasteiger partial charge on any atom is -0.492 e. The molecule has 1 N–H and O–H groups in total. The van der Waals surface area contributed by atoms with Crippen LogP contribution < -0.4 is 14.8 Å². The molecule has 1 unspecified atom stereocenters. The maximum Gasteiger partial charge on any atom is 0.127 e. The van der Waals surface area contributed by atoms with Gasteiger partial charge in [0.25, 0.3) is 0 Å². The molecule has 0 amide bonds. The van der Waals surface area contributed by atoms with Gasteiger partial charge in [-0.25, -0.2) is 0 Å². The predicted octanol–water partition coefficient (Wildman–Crippen LogP) is 2.45. The van der Waals surface area contributed by atoms with Crippen molar-refractivity contribution in [3.63, 3.8) is 0 Å². The van der Waals surface area contributed by atoms with Gasteiger partial charge in [0.05, 0.1) is 6.04 Å². The Hall–Kier alpha value is -1.26. The quantitative estimate of drug-likeness (QED) is 0.792. The largest absolute Gasteiger partial charge is 0.492 e. The number of nitrogens with zero attached hydrogens (tertiary/aromatic N) is 1. The summed E-state index contributed by atoms with van der Waals surface area (Å²) in [6, 6.07) is 6.48. The van der Waals surface area contributed by atoms with Gasteiger partial charge in [-0.3, -0.25) is 0 Å². The van der Waals surface area contributed by atoms with Gasteiger partial charge in [0, 0.05) is 18.2 Å². The van der Waals surface area contributed by atoms with Gasteiger partial charge in [-0.05, 0) is 31.8 Å². The molecule has 112 valence electrons. The molecule has 4 heteroatoms. The Balaban J connectivity index is 1.89. The Morgan fingerprint density at radius 1 is 1.30 bits per heavy atom. The smallest absolute Gasteiger partial charge is 0.127 e. The van der Waals surface area contributed by atoms with Gasteiger partial charge < -0.3 is 19.7 Å². The SMILES string of the molecule is CCNC1COc2cc(OCCN(CC)CC)ccc21. The summed E-state index contributed by atoms with van der Waals surface area (Å²) in [5.41, 5.74) is 1.24. The number of benzene rings is 1. The van der Waals surface area contributed by atoms with Gasteiger partial charge in [-0.2, -0.15) is 0 Å². The third-order valence-corrected chi connectivity index (χ3v) is 3.79. The van der Waals surface area contributed by atoms with Crippen molar-refractivity contribution >= 4 is 0 Å². The normalized spacial score (nSPS) is 17.1. The van der Waals surface area contributed by atoms with Gasteiger partial charge in [-0.15, -0.1) is 0 Å². The van der Waals surface area contributed by atoms with Crippen molar-refractivity contribution in [2.45, 2.75) is 26.8 Å². The second-order valence-electron chi connectivity index (χ2n) is 5.00. The molecule has 0 saturated heterocycles. The van der Waals surface area contributed by atoms with Crippen LogP contribution in [0.4, 0.5) is 0 Å². The van der Waals surface area contributed by atoms with Crippen LogP contribution in [0.2, 0.25) is 0 Å². The van der Waals surface area contributed by atoms with Crippen molar-refractivity contribution in [3.8, 4) is 11.5 Å². The molecule has 0 bridgehead atoms. The van der Waals surface area contributed by atoms with Gasteiger partial charge in [0.1, 0.15) is 24.7 Å². The summed E-state index contributed by atoms with van der Waals surface area (Å²) < 4.78 is 11.5. The number of fused-ring (bicyclic) bond motifs is 1. The Bertz CT molecular complexity index is 419. The zero-order chi connectivity index (χ0) is 14.4. The lowest BCUT2D eigenvalue weighted by Gasteiger charge is -2.18. The minimum absolute atomic E-state index is 0.319. The van der Waals surface area contributed by atoms with Crippen LogP contribution in [0.15, 0.2) is 18.2 Å². The molecule has 0 fully saturated rings. The van der Waals surface area contributed by atoms with Crippen LogP contribution in [0.5, 0.6) is 11.5 Å². The molecule has 1 aromatic rings. The first-order valence-corrected chi connectivity index (χ1v) is 7.63. The van der Waals surface area contributed by atoms with Crippen LogP contribution in [-0.2, 0) is 0 Å². The van der Waals surface area contributed by atoms with Crippen molar-refractivity contribution in [2.24, 2.45) is 0 Å². The van der Waals surface area contributed by atoms with Crippen molar-refractivity contribution in [1.82, 2.24) is 10.2 Å². The molecule has 4 nitrogen and oxygen atoms in total. The molecule has 1 aliphatic heterocycles. The van der Waals surface area contributed by atoms with E-state index in [9.17, 15) is 0 Å². The summed E-state index contributed by atoms with van der Waals surface area (Å²) in [4.78, 5) is 2.35. The van der Waals surface area contributed by atoms with Crippen molar-refractivity contribution in [2.75, 3.05) is 39.4 Å². The molecule has 0 aromatic heterocycles. The standard InChI is InChI=1S/C16H26N2O2/c1-4-17-15-12-20-16-11-13(7-8-14(15)16)19-10-9-18(5-2)6-3/h7-8,11,15,17H,4-6,9-10,12H2,1-3H3. The highest BCUT2D eigenvalue weighted by atomic mass is 16.5. The fraction of sp³-hybridized carbons (Fsp3) is 0.625. The summed E-state index contributed by atoms with van der Waals surface area (Å²) in [5, 5.41) is 3.42. The average Bonchev–Trinajstić information content (AvgIpc) is 2.87. The molecule has 2 rings (SSSR count). The van der Waals surface area contributed by atoms with E-state index in [-0.39, 0.29) is 0 Å². The summed E-state index contributed by atoms with van der Waals surface area (Å²) in [6.45, 7) is 11.9. The molecule has 20 heavy (non-hydrogen) atoms. The predicted molar refractivity (Wildman–Crippen MR) is 81.6 cm³/mol. The summed E-state index contributed by atoms with van der Waals surface area (Å²) >= 11 is 0. The third-order valence-electron chi connectivity index (χ3n) is 3.79. The van der Waals surface area contributed by atoms with E-state index >= 15 is 0 Å². The van der Waals surface area contributed by atoms with E-state index in [0.717, 1.165) is 44.3 Å². The van der Waals surface area contributed by atoms with Gasteiger partial charge in [0.2, 0.25) is 0 Å². The molecular weight excluding hydrogens is 252 g/mol.